The summed E-state index contributed by atoms with van der Waals surface area (Å²) >= 11 is 0. The van der Waals surface area contributed by atoms with Gasteiger partial charge in [0.2, 0.25) is 0 Å². The highest BCUT2D eigenvalue weighted by Gasteiger charge is 1.98. The van der Waals surface area contributed by atoms with Crippen LogP contribution in [0.4, 0.5) is 4.79 Å². The van der Waals surface area contributed by atoms with Crippen molar-refractivity contribution in [2.75, 3.05) is 0 Å². The second kappa shape index (κ2) is 4.55. The van der Waals surface area contributed by atoms with E-state index < -0.39 is 12.0 Å². The third-order valence-corrected chi connectivity index (χ3v) is 0.735. The van der Waals surface area contributed by atoms with Crippen molar-refractivity contribution in [2.45, 2.75) is 13.3 Å². The van der Waals surface area contributed by atoms with Crippen molar-refractivity contribution in [1.82, 2.24) is 5.32 Å². The Morgan fingerprint density at radius 1 is 1.60 bits per heavy atom. The van der Waals surface area contributed by atoms with Crippen LogP contribution >= 0.6 is 0 Å². The zero-order chi connectivity index (χ0) is 7.98. The third-order valence-electron chi connectivity index (χ3n) is 0.735. The second-order valence-electron chi connectivity index (χ2n) is 1.61. The highest BCUT2D eigenvalue weighted by Crippen LogP contribution is 1.78. The summed E-state index contributed by atoms with van der Waals surface area (Å²) in [6.45, 7) is 1.85. The number of hydrogen-bond acceptors (Lipinski definition) is 2. The maximum Gasteiger partial charge on any atom is 0.411 e. The molecule has 0 saturated carbocycles. The zero-order valence-corrected chi connectivity index (χ0v) is 5.63. The van der Waals surface area contributed by atoms with E-state index in [2.05, 4.69) is 0 Å². The zero-order valence-electron chi connectivity index (χ0n) is 5.63. The molecule has 0 spiro atoms. The van der Waals surface area contributed by atoms with Crippen molar-refractivity contribution in [3.63, 3.8) is 0 Å². The molecule has 10 heavy (non-hydrogen) atoms. The highest BCUT2D eigenvalue weighted by molar-refractivity contribution is 5.97. The normalized spacial score (nSPS) is 9.70. The lowest BCUT2D eigenvalue weighted by Crippen LogP contribution is -2.26. The minimum absolute atomic E-state index is 0.602. The van der Waals surface area contributed by atoms with Crippen LogP contribution in [-0.4, -0.2) is 17.1 Å². The van der Waals surface area contributed by atoms with Crippen LogP contribution in [0.2, 0.25) is 0 Å². The molecule has 0 rings (SSSR count). The molecule has 2 amide bonds. The lowest BCUT2D eigenvalue weighted by molar-refractivity contribution is -0.115. The summed E-state index contributed by atoms with van der Waals surface area (Å²) in [6.07, 6.45) is 2.16. The Labute approximate surface area is 58.5 Å². The number of allylic oxidation sites excluding steroid dienone is 1. The molecule has 56 valence electrons. The molecule has 0 aromatic carbocycles. The van der Waals surface area contributed by atoms with Gasteiger partial charge in [-0.2, -0.15) is 0 Å². The van der Waals surface area contributed by atoms with Gasteiger partial charge in [0.15, 0.2) is 0 Å². The van der Waals surface area contributed by atoms with Crippen molar-refractivity contribution < 1.29 is 14.7 Å². The molecule has 0 fully saturated rings. The topological polar surface area (TPSA) is 66.4 Å². The van der Waals surface area contributed by atoms with Gasteiger partial charge in [0.05, 0.1) is 0 Å². The predicted octanol–water partition coefficient (Wildman–Crippen LogP) is 0.747. The summed E-state index contributed by atoms with van der Waals surface area (Å²) in [5.41, 5.74) is 0. The first-order chi connectivity index (χ1) is 4.66. The Bertz CT molecular complexity index is 162. The molecule has 0 bridgehead atoms. The van der Waals surface area contributed by atoms with Crippen molar-refractivity contribution in [3.05, 3.63) is 12.2 Å². The molecule has 0 aliphatic rings. The fraction of sp³-hybridized carbons (Fsp3) is 0.333. The number of carbonyl (C=O) groups excluding carboxylic acids is 1. The van der Waals surface area contributed by atoms with Gasteiger partial charge in [-0.05, 0) is 12.5 Å². The number of imide groups is 1. The Morgan fingerprint density at radius 3 is 2.60 bits per heavy atom. The van der Waals surface area contributed by atoms with Crippen LogP contribution < -0.4 is 5.32 Å². The Kier molecular flexibility index (Phi) is 3.95. The molecule has 2 N–H and O–H groups in total. The summed E-state index contributed by atoms with van der Waals surface area (Å²) in [7, 11) is 0. The van der Waals surface area contributed by atoms with Gasteiger partial charge in [-0.25, -0.2) is 4.79 Å². The summed E-state index contributed by atoms with van der Waals surface area (Å²) in [6, 6.07) is 0. The van der Waals surface area contributed by atoms with Gasteiger partial charge < -0.3 is 5.11 Å². The van der Waals surface area contributed by atoms with E-state index >= 15 is 0 Å². The van der Waals surface area contributed by atoms with Crippen LogP contribution in [0.3, 0.4) is 0 Å². The van der Waals surface area contributed by atoms with Gasteiger partial charge in [-0.15, -0.1) is 0 Å². The largest absolute Gasteiger partial charge is 0.465 e. The van der Waals surface area contributed by atoms with Crippen LogP contribution in [0.5, 0.6) is 0 Å². The van der Waals surface area contributed by atoms with Crippen molar-refractivity contribution in [2.24, 2.45) is 0 Å². The second-order valence-corrected chi connectivity index (χ2v) is 1.61. The minimum atomic E-state index is -1.33. The molecule has 0 aliphatic heterocycles. The van der Waals surface area contributed by atoms with Gasteiger partial charge in [0, 0.05) is 0 Å². The summed E-state index contributed by atoms with van der Waals surface area (Å²) in [4.78, 5) is 20.2. The molecule has 0 radical (unpaired) electrons. The monoisotopic (exact) mass is 143 g/mol. The highest BCUT2D eigenvalue weighted by atomic mass is 16.4. The SMILES string of the molecule is CC/C=C/C(=O)NC(=O)O. The smallest absolute Gasteiger partial charge is 0.411 e. The van der Waals surface area contributed by atoms with E-state index in [1.54, 1.807) is 11.4 Å². The Morgan fingerprint density at radius 2 is 2.20 bits per heavy atom. The standard InChI is InChI=1S/C6H9NO3/c1-2-3-4-5(8)7-6(9)10/h3-4H,2H2,1H3,(H,7,8)(H,9,10)/b4-3+. The van der Waals surface area contributed by atoms with Crippen molar-refractivity contribution in [1.29, 1.82) is 0 Å². The summed E-state index contributed by atoms with van der Waals surface area (Å²) in [5, 5.41) is 9.69. The first kappa shape index (κ1) is 8.68. The van der Waals surface area contributed by atoms with Crippen LogP contribution in [0, 0.1) is 0 Å². The maximum absolute atomic E-state index is 10.4. The molecule has 0 atom stereocenters. The molecule has 4 heteroatoms. The predicted molar refractivity (Wildman–Crippen MR) is 35.6 cm³/mol. The van der Waals surface area contributed by atoms with Crippen LogP contribution in [0.1, 0.15) is 13.3 Å². The van der Waals surface area contributed by atoms with Crippen LogP contribution in [0.15, 0.2) is 12.2 Å². The van der Waals surface area contributed by atoms with Gasteiger partial charge in [-0.3, -0.25) is 10.1 Å². The number of rotatable bonds is 2. The lowest BCUT2D eigenvalue weighted by Gasteiger charge is -1.90. The molecule has 0 unspecified atom stereocenters. The lowest BCUT2D eigenvalue weighted by atomic mass is 10.4. The average Bonchev–Trinajstić information content (AvgIpc) is 1.82. The molecule has 0 aromatic heterocycles. The number of hydrogen-bond donors (Lipinski definition) is 2. The first-order valence-electron chi connectivity index (χ1n) is 2.87. The number of amides is 2. The minimum Gasteiger partial charge on any atom is -0.465 e. The molecule has 0 saturated heterocycles. The van der Waals surface area contributed by atoms with Crippen LogP contribution in [0.25, 0.3) is 0 Å². The van der Waals surface area contributed by atoms with Gasteiger partial charge >= 0.3 is 6.09 Å². The molecule has 0 aromatic rings. The van der Waals surface area contributed by atoms with Crippen molar-refractivity contribution >= 4 is 12.0 Å². The van der Waals surface area contributed by atoms with E-state index in [-0.39, 0.29) is 0 Å². The molecular formula is C6H9NO3. The molecule has 4 nitrogen and oxygen atoms in total. The third kappa shape index (κ3) is 4.83. The van der Waals surface area contributed by atoms with E-state index in [1.807, 2.05) is 6.92 Å². The van der Waals surface area contributed by atoms with Gasteiger partial charge in [0.25, 0.3) is 5.91 Å². The average molecular weight is 143 g/mol. The molecular weight excluding hydrogens is 134 g/mol. The maximum atomic E-state index is 10.4. The van der Waals surface area contributed by atoms with Crippen LogP contribution in [-0.2, 0) is 4.79 Å². The summed E-state index contributed by atoms with van der Waals surface area (Å²) in [5.74, 6) is -0.602. The Hall–Kier alpha value is -1.32. The fourth-order valence-corrected chi connectivity index (χ4v) is 0.372. The number of carbonyl (C=O) groups is 2. The van der Waals surface area contributed by atoms with E-state index in [0.717, 1.165) is 0 Å². The van der Waals surface area contributed by atoms with Gasteiger partial charge in [0.1, 0.15) is 0 Å². The number of carboxylic acid groups (broad SMARTS) is 1. The quantitative estimate of drug-likeness (QED) is 0.560. The van der Waals surface area contributed by atoms with E-state index in [1.165, 1.54) is 6.08 Å². The number of nitrogens with one attached hydrogen (secondary N) is 1. The van der Waals surface area contributed by atoms with Gasteiger partial charge in [-0.1, -0.05) is 13.0 Å². The fourth-order valence-electron chi connectivity index (χ4n) is 0.372. The molecule has 0 aliphatic carbocycles. The van der Waals surface area contributed by atoms with E-state index in [4.69, 9.17) is 5.11 Å². The Balaban J connectivity index is 3.64. The van der Waals surface area contributed by atoms with E-state index in [9.17, 15) is 9.59 Å². The van der Waals surface area contributed by atoms with E-state index in [0.29, 0.717) is 6.42 Å². The molecule has 0 heterocycles. The first-order valence-corrected chi connectivity index (χ1v) is 2.87. The van der Waals surface area contributed by atoms with Crippen molar-refractivity contribution in [3.8, 4) is 0 Å². The summed E-state index contributed by atoms with van der Waals surface area (Å²) < 4.78 is 0.